The summed E-state index contributed by atoms with van der Waals surface area (Å²) in [4.78, 5) is 10.6. The molecule has 0 fully saturated rings. The molecule has 2 atom stereocenters. The van der Waals surface area contributed by atoms with Gasteiger partial charge in [-0.15, -0.1) is 0 Å². The van der Waals surface area contributed by atoms with Crippen molar-refractivity contribution in [3.05, 3.63) is 33.9 Å². The Balaban J connectivity index is 2.85. The van der Waals surface area contributed by atoms with Gasteiger partial charge in [-0.3, -0.25) is 10.1 Å². The quantitative estimate of drug-likeness (QED) is 0.609. The van der Waals surface area contributed by atoms with Crippen LogP contribution in [0.5, 0.6) is 5.75 Å². The van der Waals surface area contributed by atoms with Crippen LogP contribution in [0.15, 0.2) is 18.2 Å². The summed E-state index contributed by atoms with van der Waals surface area (Å²) >= 11 is 0. The van der Waals surface area contributed by atoms with E-state index in [2.05, 4.69) is 26.1 Å². The third-order valence-corrected chi connectivity index (χ3v) is 3.38. The number of nitrogens with zero attached hydrogens (tertiary/aromatic N) is 1. The van der Waals surface area contributed by atoms with Gasteiger partial charge in [0.2, 0.25) is 0 Å². The first-order chi connectivity index (χ1) is 8.99. The minimum atomic E-state index is -0.402. The molecular weight excluding hydrogens is 244 g/mol. The Labute approximate surface area is 114 Å². The Hall–Kier alpha value is -1.62. The maximum Gasteiger partial charge on any atom is 0.311 e. The largest absolute Gasteiger partial charge is 0.490 e. The highest BCUT2D eigenvalue weighted by molar-refractivity contribution is 5.48. The van der Waals surface area contributed by atoms with Crippen molar-refractivity contribution in [2.75, 3.05) is 13.7 Å². The predicted octanol–water partition coefficient (Wildman–Crippen LogP) is 2.78. The van der Waals surface area contributed by atoms with Gasteiger partial charge in [0.1, 0.15) is 0 Å². The lowest BCUT2D eigenvalue weighted by atomic mass is 9.94. The standard InChI is InChI=1S/C14H22N2O3/c1-5-15-11(3)10(2)8-12-6-7-14(19-4)13(9-12)16(17)18/h6-7,9-11,15H,5,8H2,1-4H3. The van der Waals surface area contributed by atoms with E-state index in [4.69, 9.17) is 4.74 Å². The molecule has 0 aliphatic heterocycles. The summed E-state index contributed by atoms with van der Waals surface area (Å²) in [6.07, 6.45) is 0.805. The lowest BCUT2D eigenvalue weighted by Gasteiger charge is -2.20. The maximum atomic E-state index is 11.0. The van der Waals surface area contributed by atoms with E-state index in [1.165, 1.54) is 7.11 Å². The van der Waals surface area contributed by atoms with Gasteiger partial charge in [0, 0.05) is 12.1 Å². The second-order valence-electron chi connectivity index (χ2n) is 4.79. The van der Waals surface area contributed by atoms with Crippen LogP contribution in [0, 0.1) is 16.0 Å². The first-order valence-electron chi connectivity index (χ1n) is 6.54. The van der Waals surface area contributed by atoms with E-state index in [-0.39, 0.29) is 5.69 Å². The van der Waals surface area contributed by atoms with E-state index in [9.17, 15) is 10.1 Å². The van der Waals surface area contributed by atoms with E-state index < -0.39 is 4.92 Å². The van der Waals surface area contributed by atoms with Gasteiger partial charge < -0.3 is 10.1 Å². The molecule has 0 aliphatic rings. The predicted molar refractivity (Wildman–Crippen MR) is 75.7 cm³/mol. The van der Waals surface area contributed by atoms with Crippen LogP contribution in [-0.2, 0) is 6.42 Å². The van der Waals surface area contributed by atoms with Gasteiger partial charge >= 0.3 is 5.69 Å². The number of nitro benzene ring substituents is 1. The van der Waals surface area contributed by atoms with Gasteiger partial charge in [0.15, 0.2) is 5.75 Å². The molecule has 0 aromatic heterocycles. The summed E-state index contributed by atoms with van der Waals surface area (Å²) in [5, 5.41) is 14.3. The van der Waals surface area contributed by atoms with Gasteiger partial charge in [-0.2, -0.15) is 0 Å². The van der Waals surface area contributed by atoms with Gasteiger partial charge in [0.05, 0.1) is 12.0 Å². The van der Waals surface area contributed by atoms with Crippen LogP contribution >= 0.6 is 0 Å². The number of methoxy groups -OCH3 is 1. The highest BCUT2D eigenvalue weighted by atomic mass is 16.6. The average Bonchev–Trinajstić information content (AvgIpc) is 2.38. The molecule has 0 bridgehead atoms. The number of nitrogens with one attached hydrogen (secondary N) is 1. The lowest BCUT2D eigenvalue weighted by Crippen LogP contribution is -2.32. The van der Waals surface area contributed by atoms with Crippen molar-refractivity contribution < 1.29 is 9.66 Å². The Morgan fingerprint density at radius 3 is 2.63 bits per heavy atom. The molecule has 19 heavy (non-hydrogen) atoms. The molecule has 0 radical (unpaired) electrons. The van der Waals surface area contributed by atoms with Crippen LogP contribution in [0.4, 0.5) is 5.69 Å². The van der Waals surface area contributed by atoms with E-state index in [0.717, 1.165) is 18.5 Å². The van der Waals surface area contributed by atoms with Crippen molar-refractivity contribution in [3.8, 4) is 5.75 Å². The summed E-state index contributed by atoms with van der Waals surface area (Å²) in [6.45, 7) is 7.27. The van der Waals surface area contributed by atoms with Crippen LogP contribution in [0.1, 0.15) is 26.3 Å². The first-order valence-corrected chi connectivity index (χ1v) is 6.54. The number of ether oxygens (including phenoxy) is 1. The number of nitro groups is 1. The molecule has 1 aromatic rings. The molecule has 106 valence electrons. The lowest BCUT2D eigenvalue weighted by molar-refractivity contribution is -0.385. The Kier molecular flexibility index (Phi) is 5.76. The molecule has 5 heteroatoms. The van der Waals surface area contributed by atoms with Gasteiger partial charge in [-0.25, -0.2) is 0 Å². The van der Waals surface area contributed by atoms with Crippen molar-refractivity contribution in [1.82, 2.24) is 5.32 Å². The molecule has 0 amide bonds. The zero-order valence-electron chi connectivity index (χ0n) is 12.0. The van der Waals surface area contributed by atoms with Crippen molar-refractivity contribution in [2.24, 2.45) is 5.92 Å². The van der Waals surface area contributed by atoms with Crippen molar-refractivity contribution in [3.63, 3.8) is 0 Å². The van der Waals surface area contributed by atoms with E-state index >= 15 is 0 Å². The van der Waals surface area contributed by atoms with Crippen LogP contribution in [0.2, 0.25) is 0 Å². The van der Waals surface area contributed by atoms with E-state index in [0.29, 0.717) is 17.7 Å². The molecule has 1 aromatic carbocycles. The highest BCUT2D eigenvalue weighted by Crippen LogP contribution is 2.28. The minimum absolute atomic E-state index is 0.0308. The molecule has 1 rings (SSSR count). The average molecular weight is 266 g/mol. The van der Waals surface area contributed by atoms with Gasteiger partial charge in [-0.1, -0.05) is 19.9 Å². The number of benzene rings is 1. The molecule has 0 saturated heterocycles. The fourth-order valence-corrected chi connectivity index (χ4v) is 2.08. The normalized spacial score (nSPS) is 13.9. The van der Waals surface area contributed by atoms with Crippen molar-refractivity contribution in [2.45, 2.75) is 33.2 Å². The fourth-order valence-electron chi connectivity index (χ4n) is 2.08. The molecular formula is C14H22N2O3. The molecule has 0 saturated carbocycles. The molecule has 1 N–H and O–H groups in total. The fraction of sp³-hybridized carbons (Fsp3) is 0.571. The Morgan fingerprint density at radius 1 is 1.42 bits per heavy atom. The smallest absolute Gasteiger partial charge is 0.311 e. The molecule has 0 aliphatic carbocycles. The summed E-state index contributed by atoms with van der Waals surface area (Å²) in [5.74, 6) is 0.717. The van der Waals surface area contributed by atoms with E-state index in [1.54, 1.807) is 12.1 Å². The van der Waals surface area contributed by atoms with Crippen LogP contribution < -0.4 is 10.1 Å². The second kappa shape index (κ2) is 7.09. The topological polar surface area (TPSA) is 64.4 Å². The second-order valence-corrected chi connectivity index (χ2v) is 4.79. The third-order valence-electron chi connectivity index (χ3n) is 3.38. The Morgan fingerprint density at radius 2 is 2.11 bits per heavy atom. The third kappa shape index (κ3) is 4.21. The molecule has 2 unspecified atom stereocenters. The number of hydrogen-bond donors (Lipinski definition) is 1. The maximum absolute atomic E-state index is 11.0. The number of rotatable bonds is 7. The van der Waals surface area contributed by atoms with Crippen LogP contribution in [0.25, 0.3) is 0 Å². The SMILES string of the molecule is CCNC(C)C(C)Cc1ccc(OC)c([N+](=O)[O-])c1. The molecule has 0 spiro atoms. The summed E-state index contributed by atoms with van der Waals surface area (Å²) in [6, 6.07) is 5.54. The van der Waals surface area contributed by atoms with E-state index in [1.807, 2.05) is 6.07 Å². The minimum Gasteiger partial charge on any atom is -0.490 e. The van der Waals surface area contributed by atoms with Gasteiger partial charge in [0.25, 0.3) is 0 Å². The monoisotopic (exact) mass is 266 g/mol. The van der Waals surface area contributed by atoms with Gasteiger partial charge in [-0.05, 0) is 37.4 Å². The van der Waals surface area contributed by atoms with Crippen LogP contribution in [-0.4, -0.2) is 24.6 Å². The highest BCUT2D eigenvalue weighted by Gasteiger charge is 2.17. The van der Waals surface area contributed by atoms with Crippen molar-refractivity contribution >= 4 is 5.69 Å². The summed E-state index contributed by atoms with van der Waals surface area (Å²) in [5.41, 5.74) is 0.994. The first kappa shape index (κ1) is 15.4. The summed E-state index contributed by atoms with van der Waals surface area (Å²) in [7, 11) is 1.44. The summed E-state index contributed by atoms with van der Waals surface area (Å²) < 4.78 is 5.00. The molecule has 0 heterocycles. The Bertz CT molecular complexity index is 435. The number of hydrogen-bond acceptors (Lipinski definition) is 4. The zero-order valence-corrected chi connectivity index (χ0v) is 12.0. The zero-order chi connectivity index (χ0) is 14.4. The van der Waals surface area contributed by atoms with Crippen molar-refractivity contribution in [1.29, 1.82) is 0 Å². The molecule has 5 nitrogen and oxygen atoms in total. The van der Waals surface area contributed by atoms with Crippen LogP contribution in [0.3, 0.4) is 0 Å².